The second-order valence-electron chi connectivity index (χ2n) is 6.92. The Hall–Kier alpha value is 0.350. The molecule has 0 amide bonds. The molecule has 0 aromatic heterocycles. The Morgan fingerprint density at radius 2 is 0.727 bits per heavy atom. The minimum atomic E-state index is 1.34. The van der Waals surface area contributed by atoms with E-state index in [1.807, 2.05) is 0 Å². The van der Waals surface area contributed by atoms with Gasteiger partial charge in [0.1, 0.15) is 0 Å². The Morgan fingerprint density at radius 1 is 0.364 bits per heavy atom. The van der Waals surface area contributed by atoms with Crippen molar-refractivity contribution >= 4 is 11.8 Å². The number of unbranched alkanes of at least 4 members (excludes halogenated alkanes) is 15. The maximum Gasteiger partial charge on any atom is -0.00675 e. The highest BCUT2D eigenvalue weighted by atomic mass is 32.2. The van der Waals surface area contributed by atoms with Crippen molar-refractivity contribution in [2.24, 2.45) is 0 Å². The molecule has 0 N–H and O–H groups in total. The maximum absolute atomic E-state index is 2.30. The first-order valence-electron chi connectivity index (χ1n) is 10.5. The molecule has 0 aliphatic heterocycles. The van der Waals surface area contributed by atoms with Crippen LogP contribution < -0.4 is 0 Å². The molecule has 0 aromatic rings. The molecule has 0 rings (SSSR count). The third kappa shape index (κ3) is 20.3. The molecule has 0 unspecified atom stereocenters. The largest absolute Gasteiger partial charge is 0.162 e. The lowest BCUT2D eigenvalue weighted by Gasteiger charge is -2.03. The van der Waals surface area contributed by atoms with E-state index in [1.54, 1.807) is 0 Å². The fourth-order valence-corrected chi connectivity index (χ4v) is 3.90. The Balaban J connectivity index is 2.91. The SMILES string of the molecule is CCCCCCCCCCCCCCCCCCSCCC. The van der Waals surface area contributed by atoms with E-state index in [-0.39, 0.29) is 0 Å². The molecule has 22 heavy (non-hydrogen) atoms. The van der Waals surface area contributed by atoms with Gasteiger partial charge in [0.15, 0.2) is 0 Å². The van der Waals surface area contributed by atoms with Crippen LogP contribution in [0.15, 0.2) is 0 Å². The first-order valence-corrected chi connectivity index (χ1v) is 11.6. The summed E-state index contributed by atoms with van der Waals surface area (Å²) in [5.41, 5.74) is 0. The van der Waals surface area contributed by atoms with Crippen molar-refractivity contribution < 1.29 is 0 Å². The topological polar surface area (TPSA) is 0 Å². The molecule has 0 radical (unpaired) electrons. The van der Waals surface area contributed by atoms with E-state index >= 15 is 0 Å². The number of hydrogen-bond donors (Lipinski definition) is 0. The average molecular weight is 329 g/mol. The first-order chi connectivity index (χ1) is 10.9. The molecule has 0 heterocycles. The zero-order valence-electron chi connectivity index (χ0n) is 15.8. The summed E-state index contributed by atoms with van der Waals surface area (Å²) in [4.78, 5) is 0. The average Bonchev–Trinajstić information content (AvgIpc) is 2.54. The number of hydrogen-bond acceptors (Lipinski definition) is 1. The second kappa shape index (κ2) is 21.4. The molecule has 0 nitrogen and oxygen atoms in total. The van der Waals surface area contributed by atoms with E-state index < -0.39 is 0 Å². The van der Waals surface area contributed by atoms with Crippen LogP contribution in [0.5, 0.6) is 0 Å². The Morgan fingerprint density at radius 3 is 1.09 bits per heavy atom. The van der Waals surface area contributed by atoms with E-state index in [4.69, 9.17) is 0 Å². The highest BCUT2D eigenvalue weighted by Gasteiger charge is 1.94. The third-order valence-electron chi connectivity index (χ3n) is 4.49. The lowest BCUT2D eigenvalue weighted by atomic mass is 10.0. The van der Waals surface area contributed by atoms with Gasteiger partial charge in [-0.1, -0.05) is 110 Å². The van der Waals surface area contributed by atoms with E-state index in [2.05, 4.69) is 25.6 Å². The minimum absolute atomic E-state index is 1.34. The van der Waals surface area contributed by atoms with Crippen LogP contribution in [0.4, 0.5) is 0 Å². The molecule has 0 aliphatic carbocycles. The van der Waals surface area contributed by atoms with E-state index in [0.29, 0.717) is 0 Å². The summed E-state index contributed by atoms with van der Waals surface area (Å²) in [5.74, 6) is 2.75. The van der Waals surface area contributed by atoms with Crippen LogP contribution in [0.1, 0.15) is 123 Å². The maximum atomic E-state index is 2.30. The molecule has 1 heteroatoms. The number of rotatable bonds is 19. The smallest absolute Gasteiger partial charge is 0.00675 e. The minimum Gasteiger partial charge on any atom is -0.162 e. The van der Waals surface area contributed by atoms with Gasteiger partial charge in [-0.2, -0.15) is 11.8 Å². The highest BCUT2D eigenvalue weighted by molar-refractivity contribution is 7.99. The van der Waals surface area contributed by atoms with Gasteiger partial charge in [0, 0.05) is 0 Å². The summed E-state index contributed by atoms with van der Waals surface area (Å²) in [6, 6.07) is 0. The predicted octanol–water partition coefficient (Wildman–Crippen LogP) is 8.39. The summed E-state index contributed by atoms with van der Waals surface area (Å²) in [6.07, 6.45) is 24.9. The van der Waals surface area contributed by atoms with Crippen molar-refractivity contribution in [1.29, 1.82) is 0 Å². The lowest BCUT2D eigenvalue weighted by molar-refractivity contribution is 0.531. The van der Waals surface area contributed by atoms with Gasteiger partial charge in [0.2, 0.25) is 0 Å². The molecule has 0 atom stereocenters. The lowest BCUT2D eigenvalue weighted by Crippen LogP contribution is -1.85. The van der Waals surface area contributed by atoms with Crippen LogP contribution in [0.2, 0.25) is 0 Å². The van der Waals surface area contributed by atoms with Crippen molar-refractivity contribution in [3.63, 3.8) is 0 Å². The van der Waals surface area contributed by atoms with Gasteiger partial charge in [-0.3, -0.25) is 0 Å². The molecule has 0 fully saturated rings. The van der Waals surface area contributed by atoms with Gasteiger partial charge in [-0.25, -0.2) is 0 Å². The van der Waals surface area contributed by atoms with Gasteiger partial charge in [0.25, 0.3) is 0 Å². The highest BCUT2D eigenvalue weighted by Crippen LogP contribution is 2.14. The molecule has 0 saturated carbocycles. The molecule has 0 spiro atoms. The summed E-state index contributed by atoms with van der Waals surface area (Å²) in [6.45, 7) is 4.58. The zero-order valence-corrected chi connectivity index (χ0v) is 16.7. The van der Waals surface area contributed by atoms with Crippen molar-refractivity contribution in [1.82, 2.24) is 0 Å². The Bertz CT molecular complexity index is 159. The second-order valence-corrected chi connectivity index (χ2v) is 8.14. The van der Waals surface area contributed by atoms with Crippen LogP contribution in [0.25, 0.3) is 0 Å². The molecule has 0 saturated heterocycles. The van der Waals surface area contributed by atoms with Gasteiger partial charge in [-0.15, -0.1) is 0 Å². The zero-order chi connectivity index (χ0) is 16.1. The van der Waals surface area contributed by atoms with Crippen LogP contribution in [-0.4, -0.2) is 11.5 Å². The fourth-order valence-electron chi connectivity index (χ4n) is 3.00. The van der Waals surface area contributed by atoms with Gasteiger partial charge < -0.3 is 0 Å². The molecular formula is C21H44S. The first kappa shape index (κ1) is 22.4. The van der Waals surface area contributed by atoms with Crippen molar-refractivity contribution in [2.45, 2.75) is 123 Å². The molecule has 0 aromatic carbocycles. The number of thioether (sulfide) groups is 1. The summed E-state index contributed by atoms with van der Waals surface area (Å²) in [5, 5.41) is 0. The fraction of sp³-hybridized carbons (Fsp3) is 1.00. The van der Waals surface area contributed by atoms with Gasteiger partial charge in [-0.05, 0) is 24.3 Å². The molecule has 134 valence electrons. The van der Waals surface area contributed by atoms with E-state index in [9.17, 15) is 0 Å². The molecular weight excluding hydrogens is 284 g/mol. The van der Waals surface area contributed by atoms with Crippen molar-refractivity contribution in [2.75, 3.05) is 11.5 Å². The summed E-state index contributed by atoms with van der Waals surface area (Å²) in [7, 11) is 0. The Kier molecular flexibility index (Phi) is 21.7. The summed E-state index contributed by atoms with van der Waals surface area (Å²) >= 11 is 2.14. The quantitative estimate of drug-likeness (QED) is 0.214. The monoisotopic (exact) mass is 328 g/mol. The predicted molar refractivity (Wildman–Crippen MR) is 107 cm³/mol. The standard InChI is InChI=1S/C21H44S/c1-3-5-6-7-8-9-10-11-12-13-14-15-16-17-18-19-21-22-20-4-2/h3-21H2,1-2H3. The van der Waals surface area contributed by atoms with Crippen molar-refractivity contribution in [3.05, 3.63) is 0 Å². The van der Waals surface area contributed by atoms with Crippen LogP contribution in [-0.2, 0) is 0 Å². The van der Waals surface area contributed by atoms with Gasteiger partial charge in [0.05, 0.1) is 0 Å². The van der Waals surface area contributed by atoms with E-state index in [0.717, 1.165) is 0 Å². The van der Waals surface area contributed by atoms with E-state index in [1.165, 1.54) is 121 Å². The summed E-state index contributed by atoms with van der Waals surface area (Å²) < 4.78 is 0. The molecule has 0 aliphatic rings. The van der Waals surface area contributed by atoms with Crippen LogP contribution in [0, 0.1) is 0 Å². The van der Waals surface area contributed by atoms with Crippen molar-refractivity contribution in [3.8, 4) is 0 Å². The van der Waals surface area contributed by atoms with Crippen LogP contribution in [0.3, 0.4) is 0 Å². The normalized spacial score (nSPS) is 11.2. The van der Waals surface area contributed by atoms with Crippen LogP contribution >= 0.6 is 11.8 Å². The third-order valence-corrected chi connectivity index (χ3v) is 5.76. The Labute approximate surface area is 146 Å². The molecule has 0 bridgehead atoms. The van der Waals surface area contributed by atoms with Gasteiger partial charge >= 0.3 is 0 Å².